The van der Waals surface area contributed by atoms with Crippen molar-refractivity contribution in [2.24, 2.45) is 11.8 Å². The molecule has 2 aliphatic carbocycles. The van der Waals surface area contributed by atoms with Crippen LogP contribution in [-0.2, 0) is 9.53 Å². The van der Waals surface area contributed by atoms with Crippen LogP contribution in [0.5, 0.6) is 0 Å². The van der Waals surface area contributed by atoms with E-state index < -0.39 is 0 Å². The number of allylic oxidation sites excluding steroid dienone is 2. The molecule has 0 radical (unpaired) electrons. The van der Waals surface area contributed by atoms with Crippen LogP contribution >= 0.6 is 0 Å². The van der Waals surface area contributed by atoms with Crippen LogP contribution < -0.4 is 0 Å². The van der Waals surface area contributed by atoms with Crippen molar-refractivity contribution in [2.75, 3.05) is 0 Å². The Balaban J connectivity index is 1.49. The fourth-order valence-electron chi connectivity index (χ4n) is 3.35. The molecule has 3 aliphatic rings. The number of cyclic esters (lactones) is 1. The fraction of sp³-hybridized carbons (Fsp3) is 0.769. The summed E-state index contributed by atoms with van der Waals surface area (Å²) in [5.41, 5.74) is 1.69. The summed E-state index contributed by atoms with van der Waals surface area (Å²) in [6.45, 7) is 0. The number of rotatable bonds is 3. The summed E-state index contributed by atoms with van der Waals surface area (Å²) >= 11 is 0. The van der Waals surface area contributed by atoms with Gasteiger partial charge in [0.25, 0.3) is 0 Å². The zero-order chi connectivity index (χ0) is 10.3. The quantitative estimate of drug-likeness (QED) is 0.524. The molecule has 1 saturated heterocycles. The monoisotopic (exact) mass is 206 g/mol. The standard InChI is InChI=1S/C13H18O2/c14-13-6-5-12(15-13)4-3-11-8-9-1-2-10(11)7-9/h8,10-12H,1-7H2. The lowest BCUT2D eigenvalue weighted by atomic mass is 9.88. The third-order valence-electron chi connectivity index (χ3n) is 4.21. The molecule has 0 spiro atoms. The molecule has 2 fully saturated rings. The number of esters is 1. The number of hydrogen-bond donors (Lipinski definition) is 0. The van der Waals surface area contributed by atoms with E-state index in [1.807, 2.05) is 0 Å². The van der Waals surface area contributed by atoms with Crippen LogP contribution in [0.2, 0.25) is 0 Å². The highest BCUT2D eigenvalue weighted by molar-refractivity contribution is 5.71. The normalized spacial score (nSPS) is 38.3. The van der Waals surface area contributed by atoms with Gasteiger partial charge in [0.05, 0.1) is 0 Å². The van der Waals surface area contributed by atoms with Gasteiger partial charge in [-0.15, -0.1) is 0 Å². The Morgan fingerprint density at radius 2 is 2.20 bits per heavy atom. The van der Waals surface area contributed by atoms with E-state index in [1.165, 1.54) is 25.7 Å². The highest BCUT2D eigenvalue weighted by atomic mass is 16.5. The van der Waals surface area contributed by atoms with E-state index in [0.29, 0.717) is 6.42 Å². The van der Waals surface area contributed by atoms with E-state index in [0.717, 1.165) is 24.7 Å². The van der Waals surface area contributed by atoms with E-state index in [2.05, 4.69) is 6.08 Å². The zero-order valence-electron chi connectivity index (χ0n) is 9.08. The molecule has 15 heavy (non-hydrogen) atoms. The lowest BCUT2D eigenvalue weighted by molar-refractivity contribution is -0.141. The second-order valence-corrected chi connectivity index (χ2v) is 5.22. The summed E-state index contributed by atoms with van der Waals surface area (Å²) < 4.78 is 5.24. The summed E-state index contributed by atoms with van der Waals surface area (Å²) in [6, 6.07) is 0. The molecule has 3 atom stereocenters. The molecule has 1 saturated carbocycles. The van der Waals surface area contributed by atoms with Crippen molar-refractivity contribution in [3.8, 4) is 0 Å². The third kappa shape index (κ3) is 1.82. The fourth-order valence-corrected chi connectivity index (χ4v) is 3.35. The summed E-state index contributed by atoms with van der Waals surface area (Å²) in [7, 11) is 0. The minimum absolute atomic E-state index is 0.00583. The van der Waals surface area contributed by atoms with Crippen molar-refractivity contribution in [2.45, 2.75) is 51.0 Å². The Hall–Kier alpha value is -0.790. The van der Waals surface area contributed by atoms with E-state index in [1.54, 1.807) is 5.57 Å². The van der Waals surface area contributed by atoms with E-state index in [9.17, 15) is 4.79 Å². The van der Waals surface area contributed by atoms with Crippen molar-refractivity contribution in [1.82, 2.24) is 0 Å². The first-order valence-corrected chi connectivity index (χ1v) is 6.20. The second-order valence-electron chi connectivity index (χ2n) is 5.22. The van der Waals surface area contributed by atoms with E-state index in [4.69, 9.17) is 4.74 Å². The van der Waals surface area contributed by atoms with Gasteiger partial charge in [-0.3, -0.25) is 4.79 Å². The van der Waals surface area contributed by atoms with E-state index >= 15 is 0 Å². The Bertz CT molecular complexity index is 306. The second kappa shape index (κ2) is 3.66. The van der Waals surface area contributed by atoms with Gasteiger partial charge in [-0.05, 0) is 50.4 Å². The van der Waals surface area contributed by atoms with Crippen LogP contribution in [0.4, 0.5) is 0 Å². The molecule has 82 valence electrons. The van der Waals surface area contributed by atoms with Crippen LogP contribution in [0.1, 0.15) is 44.9 Å². The highest BCUT2D eigenvalue weighted by Crippen LogP contribution is 2.45. The average molecular weight is 206 g/mol. The number of ether oxygens (including phenoxy) is 1. The van der Waals surface area contributed by atoms with Crippen LogP contribution in [0.15, 0.2) is 11.6 Å². The maximum Gasteiger partial charge on any atom is 0.306 e. The van der Waals surface area contributed by atoms with Gasteiger partial charge in [0.2, 0.25) is 0 Å². The lowest BCUT2D eigenvalue weighted by Gasteiger charge is -2.19. The lowest BCUT2D eigenvalue weighted by Crippen LogP contribution is -2.13. The molecule has 3 rings (SSSR count). The molecular formula is C13H18O2. The largest absolute Gasteiger partial charge is 0.462 e. The summed E-state index contributed by atoms with van der Waals surface area (Å²) in [4.78, 5) is 10.9. The number of carbonyl (C=O) groups is 1. The summed E-state index contributed by atoms with van der Waals surface area (Å²) in [6.07, 6.45) is 10.7. The third-order valence-corrected chi connectivity index (χ3v) is 4.21. The molecule has 0 aromatic rings. The molecule has 0 aromatic carbocycles. The van der Waals surface area contributed by atoms with Crippen molar-refractivity contribution < 1.29 is 9.53 Å². The molecule has 2 heteroatoms. The molecule has 0 aromatic heterocycles. The minimum Gasteiger partial charge on any atom is -0.462 e. The highest BCUT2D eigenvalue weighted by Gasteiger charge is 2.33. The number of fused-ring (bicyclic) bond motifs is 2. The van der Waals surface area contributed by atoms with Crippen LogP contribution in [0.3, 0.4) is 0 Å². The van der Waals surface area contributed by atoms with Gasteiger partial charge in [0, 0.05) is 6.42 Å². The van der Waals surface area contributed by atoms with E-state index in [-0.39, 0.29) is 12.1 Å². The predicted octanol–water partition coefficient (Wildman–Crippen LogP) is 2.83. The maximum atomic E-state index is 10.9. The smallest absolute Gasteiger partial charge is 0.306 e. The molecule has 2 bridgehead atoms. The Labute approximate surface area is 90.7 Å². The van der Waals surface area contributed by atoms with Gasteiger partial charge in [-0.2, -0.15) is 0 Å². The molecule has 1 heterocycles. The summed E-state index contributed by atoms with van der Waals surface area (Å²) in [5, 5.41) is 0. The Morgan fingerprint density at radius 3 is 2.80 bits per heavy atom. The van der Waals surface area contributed by atoms with Crippen molar-refractivity contribution in [3.63, 3.8) is 0 Å². The zero-order valence-corrected chi connectivity index (χ0v) is 9.08. The van der Waals surface area contributed by atoms with Gasteiger partial charge in [0.15, 0.2) is 0 Å². The molecule has 1 aliphatic heterocycles. The van der Waals surface area contributed by atoms with Crippen molar-refractivity contribution in [1.29, 1.82) is 0 Å². The Kier molecular flexibility index (Phi) is 2.30. The number of carbonyl (C=O) groups excluding carboxylic acids is 1. The average Bonchev–Trinajstić information content (AvgIpc) is 2.90. The van der Waals surface area contributed by atoms with Gasteiger partial charge < -0.3 is 4.74 Å². The van der Waals surface area contributed by atoms with Crippen molar-refractivity contribution in [3.05, 3.63) is 11.6 Å². The van der Waals surface area contributed by atoms with Crippen molar-refractivity contribution >= 4 is 5.97 Å². The van der Waals surface area contributed by atoms with Gasteiger partial charge in [-0.25, -0.2) is 0 Å². The molecule has 3 unspecified atom stereocenters. The van der Waals surface area contributed by atoms with Crippen LogP contribution in [-0.4, -0.2) is 12.1 Å². The SMILES string of the molecule is O=C1CCC(CCC2C=C3CCC2C3)O1. The molecular weight excluding hydrogens is 188 g/mol. The predicted molar refractivity (Wildman–Crippen MR) is 57.3 cm³/mol. The topological polar surface area (TPSA) is 26.3 Å². The van der Waals surface area contributed by atoms with Crippen LogP contribution in [0, 0.1) is 11.8 Å². The minimum atomic E-state index is 0.00583. The summed E-state index contributed by atoms with van der Waals surface area (Å²) in [5.74, 6) is 1.73. The first kappa shape index (κ1) is 9.44. The first-order valence-electron chi connectivity index (χ1n) is 6.20. The molecule has 0 N–H and O–H groups in total. The number of hydrogen-bond acceptors (Lipinski definition) is 2. The van der Waals surface area contributed by atoms with Gasteiger partial charge in [-0.1, -0.05) is 11.6 Å². The Morgan fingerprint density at radius 1 is 1.27 bits per heavy atom. The van der Waals surface area contributed by atoms with Gasteiger partial charge in [0.1, 0.15) is 6.10 Å². The molecule has 2 nitrogen and oxygen atoms in total. The molecule has 0 amide bonds. The maximum absolute atomic E-state index is 10.9. The van der Waals surface area contributed by atoms with Crippen LogP contribution in [0.25, 0.3) is 0 Å². The first-order chi connectivity index (χ1) is 7.31. The van der Waals surface area contributed by atoms with Gasteiger partial charge >= 0.3 is 5.97 Å².